The summed E-state index contributed by atoms with van der Waals surface area (Å²) >= 11 is 5.85. The molecule has 1 heterocycles. The van der Waals surface area contributed by atoms with E-state index in [9.17, 15) is 0 Å². The van der Waals surface area contributed by atoms with Crippen LogP contribution in [0.15, 0.2) is 28.7 Å². The molecular weight excluding hydrogens is 234 g/mol. The zero-order valence-electron chi connectivity index (χ0n) is 10.2. The van der Waals surface area contributed by atoms with Crippen molar-refractivity contribution in [2.24, 2.45) is 0 Å². The van der Waals surface area contributed by atoms with E-state index in [1.54, 1.807) is 0 Å². The molecule has 1 aromatic heterocycles. The van der Waals surface area contributed by atoms with Gasteiger partial charge < -0.3 is 4.42 Å². The SMILES string of the molecule is CCCCc1nc(-c2ccc(Cl)cc2)oc1C. The summed E-state index contributed by atoms with van der Waals surface area (Å²) in [5.41, 5.74) is 2.04. The topological polar surface area (TPSA) is 26.0 Å². The Labute approximate surface area is 107 Å². The van der Waals surface area contributed by atoms with E-state index in [1.807, 2.05) is 31.2 Å². The molecule has 0 spiro atoms. The van der Waals surface area contributed by atoms with Crippen molar-refractivity contribution < 1.29 is 4.42 Å². The maximum absolute atomic E-state index is 5.85. The third kappa shape index (κ3) is 2.89. The predicted molar refractivity (Wildman–Crippen MR) is 70.3 cm³/mol. The first-order valence-electron chi connectivity index (χ1n) is 5.93. The Hall–Kier alpha value is -1.28. The fourth-order valence-corrected chi connectivity index (χ4v) is 1.85. The summed E-state index contributed by atoms with van der Waals surface area (Å²) in [6.45, 7) is 4.15. The number of halogens is 1. The number of aromatic nitrogens is 1. The van der Waals surface area contributed by atoms with Crippen LogP contribution in [-0.4, -0.2) is 4.98 Å². The van der Waals surface area contributed by atoms with Crippen molar-refractivity contribution >= 4 is 11.6 Å². The molecule has 0 atom stereocenters. The van der Waals surface area contributed by atoms with Crippen molar-refractivity contribution in [3.63, 3.8) is 0 Å². The molecule has 2 aromatic rings. The van der Waals surface area contributed by atoms with Crippen LogP contribution in [0.4, 0.5) is 0 Å². The summed E-state index contributed by atoms with van der Waals surface area (Å²) in [6.07, 6.45) is 3.30. The molecule has 2 rings (SSSR count). The summed E-state index contributed by atoms with van der Waals surface area (Å²) in [7, 11) is 0. The van der Waals surface area contributed by atoms with Crippen molar-refractivity contribution in [3.05, 3.63) is 40.7 Å². The number of benzene rings is 1. The van der Waals surface area contributed by atoms with Crippen molar-refractivity contribution in [1.82, 2.24) is 4.98 Å². The quantitative estimate of drug-likeness (QED) is 0.789. The summed E-state index contributed by atoms with van der Waals surface area (Å²) < 4.78 is 5.68. The van der Waals surface area contributed by atoms with E-state index < -0.39 is 0 Å². The van der Waals surface area contributed by atoms with Gasteiger partial charge in [-0.25, -0.2) is 4.98 Å². The number of hydrogen-bond acceptors (Lipinski definition) is 2. The smallest absolute Gasteiger partial charge is 0.226 e. The van der Waals surface area contributed by atoms with Gasteiger partial charge in [-0.2, -0.15) is 0 Å². The summed E-state index contributed by atoms with van der Waals surface area (Å²) in [5, 5.41) is 0.725. The predicted octanol–water partition coefficient (Wildman–Crippen LogP) is 4.65. The zero-order valence-corrected chi connectivity index (χ0v) is 10.9. The molecular formula is C14H16ClNO. The van der Waals surface area contributed by atoms with Gasteiger partial charge in [0.15, 0.2) is 0 Å². The minimum absolute atomic E-state index is 0.685. The number of aryl methyl sites for hydroxylation is 2. The van der Waals surface area contributed by atoms with Gasteiger partial charge in [0.1, 0.15) is 5.76 Å². The van der Waals surface area contributed by atoms with E-state index in [2.05, 4.69) is 11.9 Å². The van der Waals surface area contributed by atoms with Gasteiger partial charge in [-0.3, -0.25) is 0 Å². The molecule has 0 N–H and O–H groups in total. The molecule has 0 fully saturated rings. The molecule has 0 saturated carbocycles. The highest BCUT2D eigenvalue weighted by Gasteiger charge is 2.10. The zero-order chi connectivity index (χ0) is 12.3. The lowest BCUT2D eigenvalue weighted by Gasteiger charge is -1.94. The number of unbranched alkanes of at least 4 members (excludes halogenated alkanes) is 1. The maximum Gasteiger partial charge on any atom is 0.226 e. The third-order valence-corrected chi connectivity index (χ3v) is 3.00. The molecule has 1 aromatic carbocycles. The van der Waals surface area contributed by atoms with Crippen LogP contribution in [0, 0.1) is 6.92 Å². The molecule has 0 aliphatic carbocycles. The van der Waals surface area contributed by atoms with Crippen LogP contribution < -0.4 is 0 Å². The van der Waals surface area contributed by atoms with Gasteiger partial charge in [0.05, 0.1) is 5.69 Å². The normalized spacial score (nSPS) is 10.8. The maximum atomic E-state index is 5.85. The monoisotopic (exact) mass is 249 g/mol. The third-order valence-electron chi connectivity index (χ3n) is 2.75. The Bertz CT molecular complexity index is 487. The van der Waals surface area contributed by atoms with E-state index in [1.165, 1.54) is 6.42 Å². The molecule has 3 heteroatoms. The van der Waals surface area contributed by atoms with E-state index in [0.29, 0.717) is 5.89 Å². The number of oxazole rings is 1. The summed E-state index contributed by atoms with van der Waals surface area (Å²) in [4.78, 5) is 4.54. The molecule has 0 unspecified atom stereocenters. The molecule has 0 amide bonds. The highest BCUT2D eigenvalue weighted by molar-refractivity contribution is 6.30. The van der Waals surface area contributed by atoms with E-state index in [-0.39, 0.29) is 0 Å². The van der Waals surface area contributed by atoms with Crippen molar-refractivity contribution in [2.45, 2.75) is 33.1 Å². The lowest BCUT2D eigenvalue weighted by atomic mass is 10.2. The second-order valence-electron chi connectivity index (χ2n) is 4.13. The van der Waals surface area contributed by atoms with Gasteiger partial charge >= 0.3 is 0 Å². The van der Waals surface area contributed by atoms with Crippen LogP contribution in [0.25, 0.3) is 11.5 Å². The average molecular weight is 250 g/mol. The Morgan fingerprint density at radius 2 is 1.94 bits per heavy atom. The molecule has 2 nitrogen and oxygen atoms in total. The van der Waals surface area contributed by atoms with Gasteiger partial charge in [0.25, 0.3) is 0 Å². The lowest BCUT2D eigenvalue weighted by Crippen LogP contribution is -1.87. The van der Waals surface area contributed by atoms with Crippen molar-refractivity contribution in [2.75, 3.05) is 0 Å². The highest BCUT2D eigenvalue weighted by Crippen LogP contribution is 2.24. The van der Waals surface area contributed by atoms with Crippen molar-refractivity contribution in [1.29, 1.82) is 0 Å². The van der Waals surface area contributed by atoms with Crippen LogP contribution in [0.3, 0.4) is 0 Å². The molecule has 0 saturated heterocycles. The first-order chi connectivity index (χ1) is 8.20. The fourth-order valence-electron chi connectivity index (χ4n) is 1.72. The van der Waals surface area contributed by atoms with E-state index >= 15 is 0 Å². The number of rotatable bonds is 4. The standard InChI is InChI=1S/C14H16ClNO/c1-3-4-5-13-10(2)17-14(16-13)11-6-8-12(15)9-7-11/h6-9H,3-5H2,1-2H3. The van der Waals surface area contributed by atoms with Crippen LogP contribution in [0.2, 0.25) is 5.02 Å². The molecule has 90 valence electrons. The molecule has 0 aliphatic rings. The van der Waals surface area contributed by atoms with Crippen LogP contribution in [-0.2, 0) is 6.42 Å². The second kappa shape index (κ2) is 5.37. The largest absolute Gasteiger partial charge is 0.441 e. The minimum atomic E-state index is 0.685. The number of hydrogen-bond donors (Lipinski definition) is 0. The van der Waals surface area contributed by atoms with Gasteiger partial charge in [-0.15, -0.1) is 0 Å². The summed E-state index contributed by atoms with van der Waals surface area (Å²) in [5.74, 6) is 1.61. The van der Waals surface area contributed by atoms with Gasteiger partial charge in [0, 0.05) is 10.6 Å². The van der Waals surface area contributed by atoms with Gasteiger partial charge in [0.2, 0.25) is 5.89 Å². The molecule has 0 radical (unpaired) electrons. The van der Waals surface area contributed by atoms with Gasteiger partial charge in [-0.1, -0.05) is 24.9 Å². The first-order valence-corrected chi connectivity index (χ1v) is 6.30. The van der Waals surface area contributed by atoms with Crippen LogP contribution >= 0.6 is 11.6 Å². The van der Waals surface area contributed by atoms with E-state index in [4.69, 9.17) is 16.0 Å². The van der Waals surface area contributed by atoms with Gasteiger partial charge in [-0.05, 0) is 44.0 Å². The van der Waals surface area contributed by atoms with Crippen LogP contribution in [0.5, 0.6) is 0 Å². The molecule has 0 aliphatic heterocycles. The molecule has 17 heavy (non-hydrogen) atoms. The van der Waals surface area contributed by atoms with Crippen molar-refractivity contribution in [3.8, 4) is 11.5 Å². The Morgan fingerprint density at radius 3 is 2.59 bits per heavy atom. The Kier molecular flexibility index (Phi) is 3.85. The highest BCUT2D eigenvalue weighted by atomic mass is 35.5. The first kappa shape index (κ1) is 12.2. The van der Waals surface area contributed by atoms with E-state index in [0.717, 1.165) is 34.9 Å². The second-order valence-corrected chi connectivity index (χ2v) is 4.57. The minimum Gasteiger partial charge on any atom is -0.441 e. The Balaban J connectivity index is 2.24. The van der Waals surface area contributed by atoms with Crippen LogP contribution in [0.1, 0.15) is 31.2 Å². The summed E-state index contributed by atoms with van der Waals surface area (Å²) in [6, 6.07) is 7.55. The Morgan fingerprint density at radius 1 is 1.24 bits per heavy atom. The lowest BCUT2D eigenvalue weighted by molar-refractivity contribution is 0.538. The average Bonchev–Trinajstić information content (AvgIpc) is 2.69. The molecule has 0 bridgehead atoms. The number of nitrogens with zero attached hydrogens (tertiary/aromatic N) is 1. The fraction of sp³-hybridized carbons (Fsp3) is 0.357.